The molecule has 0 bridgehead atoms. The molecule has 140 valence electrons. The van der Waals surface area contributed by atoms with Crippen molar-refractivity contribution in [2.24, 2.45) is 5.92 Å². The maximum absolute atomic E-state index is 12.9. The lowest BCUT2D eigenvalue weighted by Crippen LogP contribution is -2.41. The Kier molecular flexibility index (Phi) is 6.80. The number of thiocarbonyl (C=S) groups is 1. The molecular weight excluding hydrogens is 374 g/mol. The number of carbonyl (C=O) groups is 2. The maximum Gasteiger partial charge on any atom is 0.229 e. The number of aldehydes is 1. The summed E-state index contributed by atoms with van der Waals surface area (Å²) in [6, 6.07) is 18.2. The minimum Gasteiger partial charge on any atom is -0.303 e. The van der Waals surface area contributed by atoms with Gasteiger partial charge in [-0.25, -0.2) is 0 Å². The highest BCUT2D eigenvalue weighted by Crippen LogP contribution is 2.28. The number of thioether (sulfide) groups is 1. The van der Waals surface area contributed by atoms with Gasteiger partial charge in [-0.05, 0) is 30.9 Å². The van der Waals surface area contributed by atoms with Crippen LogP contribution in [0.2, 0.25) is 0 Å². The Bertz CT molecular complexity index is 805. The molecule has 0 radical (unpaired) electrons. The Labute approximate surface area is 170 Å². The molecule has 27 heavy (non-hydrogen) atoms. The van der Waals surface area contributed by atoms with Gasteiger partial charge in [-0.3, -0.25) is 9.69 Å². The number of carbonyl (C=O) groups excluding carboxylic acids is 2. The number of benzene rings is 2. The molecule has 0 saturated carbocycles. The smallest absolute Gasteiger partial charge is 0.229 e. The van der Waals surface area contributed by atoms with Gasteiger partial charge in [0.15, 0.2) is 0 Å². The van der Waals surface area contributed by atoms with Crippen molar-refractivity contribution in [3.8, 4) is 0 Å². The van der Waals surface area contributed by atoms with Crippen molar-refractivity contribution in [2.45, 2.75) is 32.2 Å². The molecule has 1 saturated heterocycles. The van der Waals surface area contributed by atoms with Gasteiger partial charge < -0.3 is 4.79 Å². The van der Waals surface area contributed by atoms with Crippen LogP contribution in [0.4, 0.5) is 0 Å². The fourth-order valence-electron chi connectivity index (χ4n) is 3.32. The molecule has 3 nitrogen and oxygen atoms in total. The topological polar surface area (TPSA) is 37.4 Å². The van der Waals surface area contributed by atoms with Crippen molar-refractivity contribution in [3.05, 3.63) is 71.3 Å². The van der Waals surface area contributed by atoms with Crippen LogP contribution in [0.3, 0.4) is 0 Å². The van der Waals surface area contributed by atoms with Crippen LogP contribution in [-0.2, 0) is 22.4 Å². The lowest BCUT2D eigenvalue weighted by Gasteiger charge is -2.25. The van der Waals surface area contributed by atoms with E-state index in [0.29, 0.717) is 10.7 Å². The fourth-order valence-corrected chi connectivity index (χ4v) is 4.77. The van der Waals surface area contributed by atoms with Crippen LogP contribution in [0.1, 0.15) is 23.1 Å². The Morgan fingerprint density at radius 2 is 1.89 bits per heavy atom. The summed E-state index contributed by atoms with van der Waals surface area (Å²) in [5, 5.41) is 0. The van der Waals surface area contributed by atoms with E-state index in [4.69, 9.17) is 12.2 Å². The average molecular weight is 398 g/mol. The monoisotopic (exact) mass is 397 g/mol. The maximum atomic E-state index is 12.9. The molecule has 1 aliphatic heterocycles. The second-order valence-corrected chi connectivity index (χ2v) is 8.63. The molecule has 2 aromatic carbocycles. The van der Waals surface area contributed by atoms with Crippen LogP contribution in [-0.4, -0.2) is 33.2 Å². The first-order valence-electron chi connectivity index (χ1n) is 9.10. The molecule has 1 unspecified atom stereocenters. The van der Waals surface area contributed by atoms with E-state index in [9.17, 15) is 9.59 Å². The van der Waals surface area contributed by atoms with E-state index in [1.165, 1.54) is 11.1 Å². The van der Waals surface area contributed by atoms with Crippen LogP contribution in [0.15, 0.2) is 54.6 Å². The van der Waals surface area contributed by atoms with Gasteiger partial charge in [-0.15, -0.1) is 0 Å². The zero-order valence-electron chi connectivity index (χ0n) is 15.3. The molecule has 0 spiro atoms. The minimum atomic E-state index is -0.326. The van der Waals surface area contributed by atoms with E-state index in [0.717, 1.165) is 24.0 Å². The molecule has 1 aliphatic rings. The summed E-state index contributed by atoms with van der Waals surface area (Å²) in [6.07, 6.45) is 2.45. The van der Waals surface area contributed by atoms with E-state index >= 15 is 0 Å². The van der Waals surface area contributed by atoms with E-state index in [-0.39, 0.29) is 24.3 Å². The third-order valence-corrected chi connectivity index (χ3v) is 6.34. The van der Waals surface area contributed by atoms with E-state index in [2.05, 4.69) is 31.2 Å². The summed E-state index contributed by atoms with van der Waals surface area (Å²) < 4.78 is 0.626. The third kappa shape index (κ3) is 5.27. The Morgan fingerprint density at radius 3 is 2.56 bits per heavy atom. The largest absolute Gasteiger partial charge is 0.303 e. The molecule has 1 amide bonds. The predicted octanol–water partition coefficient (Wildman–Crippen LogP) is 4.21. The first-order chi connectivity index (χ1) is 13.1. The zero-order valence-corrected chi connectivity index (χ0v) is 17.0. The summed E-state index contributed by atoms with van der Waals surface area (Å²) >= 11 is 6.98. The molecule has 1 heterocycles. The molecule has 1 fully saturated rings. The summed E-state index contributed by atoms with van der Waals surface area (Å²) in [5.74, 6) is 0.437. The van der Waals surface area contributed by atoms with Crippen molar-refractivity contribution in [2.75, 3.05) is 5.75 Å². The highest BCUT2D eigenvalue weighted by atomic mass is 32.2. The fraction of sp³-hybridized carbons (Fsp3) is 0.318. The molecule has 0 aromatic heterocycles. The van der Waals surface area contributed by atoms with Gasteiger partial charge in [-0.2, -0.15) is 0 Å². The zero-order chi connectivity index (χ0) is 19.2. The average Bonchev–Trinajstić information content (AvgIpc) is 3.04. The van der Waals surface area contributed by atoms with Gasteiger partial charge in [0.25, 0.3) is 0 Å². The van der Waals surface area contributed by atoms with Crippen LogP contribution in [0.25, 0.3) is 0 Å². The molecule has 2 aromatic rings. The van der Waals surface area contributed by atoms with Crippen LogP contribution < -0.4 is 0 Å². The second kappa shape index (κ2) is 9.29. The van der Waals surface area contributed by atoms with Gasteiger partial charge in [0.1, 0.15) is 10.6 Å². The number of nitrogens with zero attached hydrogens (tertiary/aromatic N) is 1. The molecule has 0 aliphatic carbocycles. The molecule has 2 atom stereocenters. The molecule has 0 N–H and O–H groups in total. The highest BCUT2D eigenvalue weighted by Gasteiger charge is 2.34. The summed E-state index contributed by atoms with van der Waals surface area (Å²) in [4.78, 5) is 26.2. The van der Waals surface area contributed by atoms with E-state index in [1.54, 1.807) is 16.7 Å². The van der Waals surface area contributed by atoms with Crippen LogP contribution in [0.5, 0.6) is 0 Å². The predicted molar refractivity (Wildman–Crippen MR) is 115 cm³/mol. The second-order valence-electron chi connectivity index (χ2n) is 6.97. The van der Waals surface area contributed by atoms with Gasteiger partial charge in [-0.1, -0.05) is 84.1 Å². The third-order valence-electron chi connectivity index (χ3n) is 4.79. The normalized spacial score (nSPS) is 17.7. The molecule has 3 rings (SSSR count). The summed E-state index contributed by atoms with van der Waals surface area (Å²) in [7, 11) is 0. The Hall–Kier alpha value is -1.98. The van der Waals surface area contributed by atoms with Crippen molar-refractivity contribution in [3.63, 3.8) is 0 Å². The number of rotatable bonds is 7. The number of amides is 1. The SMILES string of the molecule is Cc1ccc(C[C@@H]2CSC(=S)N2C(=O)CC(C=O)Cc2ccccc2)cc1. The molecule has 5 heteroatoms. The van der Waals surface area contributed by atoms with E-state index < -0.39 is 0 Å². The molecular formula is C22H23NO2S2. The Balaban J connectivity index is 1.66. The summed E-state index contributed by atoms with van der Waals surface area (Å²) in [5.41, 5.74) is 3.49. The number of aryl methyl sites for hydroxylation is 1. The van der Waals surface area contributed by atoms with E-state index in [1.807, 2.05) is 30.3 Å². The van der Waals surface area contributed by atoms with Gasteiger partial charge in [0.2, 0.25) is 5.91 Å². The standard InChI is InChI=1S/C22H23NO2S2/c1-16-7-9-18(10-8-16)12-20-15-27-22(26)23(20)21(25)13-19(14-24)11-17-5-3-2-4-6-17/h2-10,14,19-20H,11-13,15H2,1H3/t19?,20-/m1/s1. The van der Waals surface area contributed by atoms with Gasteiger partial charge >= 0.3 is 0 Å². The van der Waals surface area contributed by atoms with Crippen molar-refractivity contribution >= 4 is 40.5 Å². The minimum absolute atomic E-state index is 0.0462. The van der Waals surface area contributed by atoms with Crippen molar-refractivity contribution < 1.29 is 9.59 Å². The van der Waals surface area contributed by atoms with Crippen molar-refractivity contribution in [1.82, 2.24) is 4.90 Å². The first kappa shape index (κ1) is 19.8. The van der Waals surface area contributed by atoms with Gasteiger partial charge in [0.05, 0.1) is 6.04 Å². The van der Waals surface area contributed by atoms with Crippen LogP contribution in [0, 0.1) is 12.8 Å². The number of hydrogen-bond acceptors (Lipinski definition) is 4. The van der Waals surface area contributed by atoms with Crippen LogP contribution >= 0.6 is 24.0 Å². The highest BCUT2D eigenvalue weighted by molar-refractivity contribution is 8.23. The lowest BCUT2D eigenvalue weighted by molar-refractivity contribution is -0.130. The Morgan fingerprint density at radius 1 is 1.19 bits per heavy atom. The number of hydrogen-bond donors (Lipinski definition) is 0. The van der Waals surface area contributed by atoms with Gasteiger partial charge in [0, 0.05) is 18.1 Å². The quantitative estimate of drug-likeness (QED) is 0.518. The summed E-state index contributed by atoms with van der Waals surface area (Å²) in [6.45, 7) is 2.06. The first-order valence-corrected chi connectivity index (χ1v) is 10.5. The van der Waals surface area contributed by atoms with Crippen molar-refractivity contribution in [1.29, 1.82) is 0 Å². The lowest BCUT2D eigenvalue weighted by atomic mass is 9.96.